The molecule has 0 aromatic carbocycles. The summed E-state index contributed by atoms with van der Waals surface area (Å²) >= 11 is 0. The summed E-state index contributed by atoms with van der Waals surface area (Å²) < 4.78 is 11.4. The van der Waals surface area contributed by atoms with Crippen molar-refractivity contribution in [1.82, 2.24) is 0 Å². The fourth-order valence-electron chi connectivity index (χ4n) is 2.87. The standard InChI is InChI=1S/C19H26O3/c1-5-15(18-9-7-13(3)21-18)11-17(20)12-16(6-2)19-10-8-14(4)22-19/h7-10,15-16H,5-6,11-12H2,1-4H3. The van der Waals surface area contributed by atoms with Gasteiger partial charge in [-0.05, 0) is 51.0 Å². The molecule has 2 unspecified atom stereocenters. The predicted molar refractivity (Wildman–Crippen MR) is 87.2 cm³/mol. The van der Waals surface area contributed by atoms with Crippen LogP contribution in [0.15, 0.2) is 33.1 Å². The van der Waals surface area contributed by atoms with Crippen molar-refractivity contribution in [3.05, 3.63) is 47.3 Å². The summed E-state index contributed by atoms with van der Waals surface area (Å²) in [7, 11) is 0. The Morgan fingerprint density at radius 3 is 1.55 bits per heavy atom. The van der Waals surface area contributed by atoms with Crippen molar-refractivity contribution >= 4 is 5.78 Å². The van der Waals surface area contributed by atoms with Crippen LogP contribution < -0.4 is 0 Å². The minimum Gasteiger partial charge on any atom is -0.466 e. The highest BCUT2D eigenvalue weighted by Gasteiger charge is 2.22. The number of ketones is 1. The third-order valence-corrected chi connectivity index (χ3v) is 4.26. The first-order chi connectivity index (χ1) is 10.5. The van der Waals surface area contributed by atoms with E-state index in [0.717, 1.165) is 35.9 Å². The van der Waals surface area contributed by atoms with Gasteiger partial charge in [-0.2, -0.15) is 0 Å². The van der Waals surface area contributed by atoms with Crippen LogP contribution in [-0.4, -0.2) is 5.78 Å². The quantitative estimate of drug-likeness (QED) is 0.644. The molecule has 2 rings (SSSR count). The van der Waals surface area contributed by atoms with E-state index in [-0.39, 0.29) is 17.6 Å². The number of furan rings is 2. The van der Waals surface area contributed by atoms with Crippen molar-refractivity contribution in [3.63, 3.8) is 0 Å². The van der Waals surface area contributed by atoms with Gasteiger partial charge >= 0.3 is 0 Å². The molecule has 0 N–H and O–H groups in total. The number of rotatable bonds is 8. The van der Waals surface area contributed by atoms with Crippen molar-refractivity contribution in [2.24, 2.45) is 0 Å². The number of aryl methyl sites for hydroxylation is 2. The molecule has 120 valence electrons. The Labute approximate surface area is 132 Å². The molecule has 0 aliphatic rings. The van der Waals surface area contributed by atoms with Gasteiger partial charge in [0.05, 0.1) is 0 Å². The average Bonchev–Trinajstić information content (AvgIpc) is 3.11. The highest BCUT2D eigenvalue weighted by atomic mass is 16.3. The molecule has 3 nitrogen and oxygen atoms in total. The molecule has 22 heavy (non-hydrogen) atoms. The molecule has 2 aromatic heterocycles. The number of carbonyl (C=O) groups is 1. The van der Waals surface area contributed by atoms with Crippen LogP contribution in [0.3, 0.4) is 0 Å². The van der Waals surface area contributed by atoms with Crippen LogP contribution in [0.4, 0.5) is 0 Å². The highest BCUT2D eigenvalue weighted by molar-refractivity contribution is 5.80. The summed E-state index contributed by atoms with van der Waals surface area (Å²) in [5.74, 6) is 4.29. The number of Topliss-reactive ketones (excluding diaryl/α,β-unsaturated/α-hetero) is 1. The van der Waals surface area contributed by atoms with Crippen molar-refractivity contribution in [2.75, 3.05) is 0 Å². The van der Waals surface area contributed by atoms with Gasteiger partial charge in [0.2, 0.25) is 0 Å². The Morgan fingerprint density at radius 1 is 0.864 bits per heavy atom. The minimum atomic E-state index is 0.178. The van der Waals surface area contributed by atoms with E-state index in [4.69, 9.17) is 8.83 Å². The lowest BCUT2D eigenvalue weighted by molar-refractivity contribution is -0.120. The molecule has 0 radical (unpaired) electrons. The Hall–Kier alpha value is -1.77. The van der Waals surface area contributed by atoms with E-state index in [0.29, 0.717) is 12.8 Å². The summed E-state index contributed by atoms with van der Waals surface area (Å²) in [5, 5.41) is 0. The number of hydrogen-bond acceptors (Lipinski definition) is 3. The van der Waals surface area contributed by atoms with Crippen LogP contribution in [0.25, 0.3) is 0 Å². The maximum Gasteiger partial charge on any atom is 0.134 e. The van der Waals surface area contributed by atoms with Crippen LogP contribution in [-0.2, 0) is 4.79 Å². The summed E-state index contributed by atoms with van der Waals surface area (Å²) in [6.07, 6.45) is 2.91. The van der Waals surface area contributed by atoms with Gasteiger partial charge in [-0.25, -0.2) is 0 Å². The molecule has 0 spiro atoms. The van der Waals surface area contributed by atoms with Gasteiger partial charge in [0.1, 0.15) is 28.8 Å². The van der Waals surface area contributed by atoms with Crippen LogP contribution in [0, 0.1) is 13.8 Å². The molecule has 2 heterocycles. The SMILES string of the molecule is CCC(CC(=O)CC(CC)c1ccc(C)o1)c1ccc(C)o1. The second-order valence-corrected chi connectivity index (χ2v) is 6.05. The molecule has 0 saturated heterocycles. The van der Waals surface area contributed by atoms with E-state index in [1.54, 1.807) is 0 Å². The average molecular weight is 302 g/mol. The first-order valence-corrected chi connectivity index (χ1v) is 8.17. The minimum absolute atomic E-state index is 0.178. The van der Waals surface area contributed by atoms with E-state index >= 15 is 0 Å². The van der Waals surface area contributed by atoms with Gasteiger partial charge < -0.3 is 8.83 Å². The largest absolute Gasteiger partial charge is 0.466 e. The van der Waals surface area contributed by atoms with Gasteiger partial charge in [-0.3, -0.25) is 4.79 Å². The number of hydrogen-bond donors (Lipinski definition) is 0. The Kier molecular flexibility index (Phi) is 5.64. The van der Waals surface area contributed by atoms with Crippen molar-refractivity contribution in [1.29, 1.82) is 0 Å². The molecule has 0 amide bonds. The maximum absolute atomic E-state index is 12.5. The fraction of sp³-hybridized carbons (Fsp3) is 0.526. The van der Waals surface area contributed by atoms with E-state index in [2.05, 4.69) is 13.8 Å². The van der Waals surface area contributed by atoms with Crippen molar-refractivity contribution < 1.29 is 13.6 Å². The summed E-state index contributed by atoms with van der Waals surface area (Å²) in [4.78, 5) is 12.5. The lowest BCUT2D eigenvalue weighted by Crippen LogP contribution is -2.10. The Morgan fingerprint density at radius 2 is 1.27 bits per heavy atom. The normalized spacial score (nSPS) is 14.0. The fourth-order valence-corrected chi connectivity index (χ4v) is 2.87. The summed E-state index contributed by atoms with van der Waals surface area (Å²) in [6, 6.07) is 7.90. The van der Waals surface area contributed by atoms with Gasteiger partial charge in [-0.15, -0.1) is 0 Å². The maximum atomic E-state index is 12.5. The zero-order valence-corrected chi connectivity index (χ0v) is 14.0. The molecular formula is C19H26O3. The van der Waals surface area contributed by atoms with E-state index in [9.17, 15) is 4.79 Å². The van der Waals surface area contributed by atoms with E-state index < -0.39 is 0 Å². The smallest absolute Gasteiger partial charge is 0.134 e. The van der Waals surface area contributed by atoms with Crippen LogP contribution in [0.2, 0.25) is 0 Å². The molecule has 0 fully saturated rings. The van der Waals surface area contributed by atoms with E-state index in [1.807, 2.05) is 38.1 Å². The monoisotopic (exact) mass is 302 g/mol. The van der Waals surface area contributed by atoms with E-state index in [1.165, 1.54) is 0 Å². The number of carbonyl (C=O) groups excluding carboxylic acids is 1. The molecule has 0 aliphatic carbocycles. The predicted octanol–water partition coefficient (Wildman–Crippen LogP) is 5.53. The van der Waals surface area contributed by atoms with Crippen molar-refractivity contribution in [2.45, 2.75) is 65.2 Å². The van der Waals surface area contributed by atoms with Gasteiger partial charge in [0.25, 0.3) is 0 Å². The van der Waals surface area contributed by atoms with Crippen LogP contribution in [0.1, 0.15) is 74.4 Å². The Bertz CT molecular complexity index is 553. The second-order valence-electron chi connectivity index (χ2n) is 6.05. The van der Waals surface area contributed by atoms with Gasteiger partial charge in [-0.1, -0.05) is 13.8 Å². The topological polar surface area (TPSA) is 43.4 Å². The second kappa shape index (κ2) is 7.48. The third-order valence-electron chi connectivity index (χ3n) is 4.26. The Balaban J connectivity index is 1.98. The highest BCUT2D eigenvalue weighted by Crippen LogP contribution is 2.30. The summed E-state index contributed by atoms with van der Waals surface area (Å²) in [5.41, 5.74) is 0. The molecule has 3 heteroatoms. The molecule has 0 saturated carbocycles. The lowest BCUT2D eigenvalue weighted by Gasteiger charge is -2.15. The molecule has 0 bridgehead atoms. The molecular weight excluding hydrogens is 276 g/mol. The zero-order valence-electron chi connectivity index (χ0n) is 14.0. The molecule has 2 aromatic rings. The lowest BCUT2D eigenvalue weighted by atomic mass is 9.90. The zero-order chi connectivity index (χ0) is 16.1. The van der Waals surface area contributed by atoms with Gasteiger partial charge in [0.15, 0.2) is 0 Å². The van der Waals surface area contributed by atoms with Crippen molar-refractivity contribution in [3.8, 4) is 0 Å². The first-order valence-electron chi connectivity index (χ1n) is 8.17. The molecule has 0 aliphatic heterocycles. The first kappa shape index (κ1) is 16.6. The third kappa shape index (κ3) is 4.12. The van der Waals surface area contributed by atoms with Crippen LogP contribution in [0.5, 0.6) is 0 Å². The molecule has 2 atom stereocenters. The van der Waals surface area contributed by atoms with Gasteiger partial charge in [0, 0.05) is 24.7 Å². The van der Waals surface area contributed by atoms with Crippen LogP contribution >= 0.6 is 0 Å². The summed E-state index contributed by atoms with van der Waals surface area (Å²) in [6.45, 7) is 8.07.